The van der Waals surface area contributed by atoms with Crippen LogP contribution >= 0.6 is 0 Å². The Hall–Kier alpha value is -3.35. The minimum absolute atomic E-state index is 0.132. The Kier molecular flexibility index (Phi) is 7.36. The lowest BCUT2D eigenvalue weighted by molar-refractivity contribution is -0.142. The van der Waals surface area contributed by atoms with Crippen molar-refractivity contribution in [1.82, 2.24) is 10.2 Å². The first kappa shape index (κ1) is 21.9. The van der Waals surface area contributed by atoms with Crippen LogP contribution in [0.15, 0.2) is 54.6 Å². The number of rotatable bonds is 8. The van der Waals surface area contributed by atoms with Crippen LogP contribution in [0.25, 0.3) is 0 Å². The summed E-state index contributed by atoms with van der Waals surface area (Å²) < 4.78 is 0. The molecule has 2 aromatic carbocycles. The second-order valence-corrected chi connectivity index (χ2v) is 7.38. The molecule has 0 bridgehead atoms. The summed E-state index contributed by atoms with van der Waals surface area (Å²) in [7, 11) is 1.70. The number of carbonyl (C=O) groups is 3. The number of carbonyl (C=O) groups excluding carboxylic acids is 2. The molecule has 0 aromatic heterocycles. The van der Waals surface area contributed by atoms with E-state index in [0.29, 0.717) is 17.8 Å². The summed E-state index contributed by atoms with van der Waals surface area (Å²) in [6, 6.07) is 16.1. The van der Waals surface area contributed by atoms with Gasteiger partial charge in [-0.05, 0) is 37.1 Å². The molecule has 0 spiro atoms. The molecule has 0 heterocycles. The fourth-order valence-electron chi connectivity index (χ4n) is 2.66. The molecule has 3 amide bonds. The van der Waals surface area contributed by atoms with Crippen molar-refractivity contribution in [2.24, 2.45) is 0 Å². The van der Waals surface area contributed by atoms with E-state index in [9.17, 15) is 19.5 Å². The molecule has 0 atom stereocenters. The fourth-order valence-corrected chi connectivity index (χ4v) is 2.66. The number of carboxylic acids is 1. The molecule has 0 unspecified atom stereocenters. The van der Waals surface area contributed by atoms with Crippen LogP contribution in [-0.2, 0) is 21.5 Å². The largest absolute Gasteiger partial charge is 0.481 e. The number of hydrogen-bond acceptors (Lipinski definition) is 3. The molecule has 0 saturated carbocycles. The van der Waals surface area contributed by atoms with Gasteiger partial charge in [0.25, 0.3) is 0 Å². The number of anilines is 1. The first-order chi connectivity index (χ1) is 13.7. The highest BCUT2D eigenvalue weighted by molar-refractivity contribution is 5.91. The van der Waals surface area contributed by atoms with Gasteiger partial charge in [-0.2, -0.15) is 0 Å². The molecule has 29 heavy (non-hydrogen) atoms. The number of nitrogens with zero attached hydrogens (tertiary/aromatic N) is 1. The van der Waals surface area contributed by atoms with Gasteiger partial charge in [0.1, 0.15) is 0 Å². The second-order valence-electron chi connectivity index (χ2n) is 7.38. The summed E-state index contributed by atoms with van der Waals surface area (Å²) in [6.07, 6.45) is 0.132. The molecule has 7 nitrogen and oxygen atoms in total. The van der Waals surface area contributed by atoms with Gasteiger partial charge in [0, 0.05) is 32.2 Å². The van der Waals surface area contributed by atoms with E-state index in [2.05, 4.69) is 10.6 Å². The van der Waals surface area contributed by atoms with Gasteiger partial charge in [-0.1, -0.05) is 42.5 Å². The van der Waals surface area contributed by atoms with Crippen molar-refractivity contribution in [3.8, 4) is 0 Å². The number of hydrogen-bond donors (Lipinski definition) is 3. The predicted molar refractivity (Wildman–Crippen MR) is 112 cm³/mol. The molecule has 0 fully saturated rings. The van der Waals surface area contributed by atoms with Gasteiger partial charge in [-0.15, -0.1) is 0 Å². The second kappa shape index (κ2) is 9.73. The number of benzene rings is 2. The van der Waals surface area contributed by atoms with Gasteiger partial charge in [0.2, 0.25) is 5.91 Å². The third-order valence-electron chi connectivity index (χ3n) is 4.66. The first-order valence-electron chi connectivity index (χ1n) is 9.37. The van der Waals surface area contributed by atoms with Crippen LogP contribution in [-0.4, -0.2) is 41.5 Å². The van der Waals surface area contributed by atoms with E-state index in [4.69, 9.17) is 0 Å². The highest BCUT2D eigenvalue weighted by Gasteiger charge is 2.29. The maximum atomic E-state index is 12.1. The van der Waals surface area contributed by atoms with Gasteiger partial charge in [-0.25, -0.2) is 4.79 Å². The van der Waals surface area contributed by atoms with Crippen molar-refractivity contribution in [2.75, 3.05) is 18.9 Å². The third-order valence-corrected chi connectivity index (χ3v) is 4.66. The monoisotopic (exact) mass is 397 g/mol. The Morgan fingerprint density at radius 1 is 1.00 bits per heavy atom. The van der Waals surface area contributed by atoms with E-state index in [1.54, 1.807) is 50.1 Å². The lowest BCUT2D eigenvalue weighted by atomic mass is 9.85. The zero-order valence-corrected chi connectivity index (χ0v) is 16.9. The molecule has 0 aliphatic carbocycles. The van der Waals surface area contributed by atoms with E-state index < -0.39 is 11.4 Å². The highest BCUT2D eigenvalue weighted by Crippen LogP contribution is 2.24. The van der Waals surface area contributed by atoms with Gasteiger partial charge in [0.15, 0.2) is 0 Å². The van der Waals surface area contributed by atoms with Crippen molar-refractivity contribution >= 4 is 23.6 Å². The van der Waals surface area contributed by atoms with E-state index in [1.807, 2.05) is 30.3 Å². The quantitative estimate of drug-likeness (QED) is 0.637. The normalized spacial score (nSPS) is 10.9. The summed E-state index contributed by atoms with van der Waals surface area (Å²) in [6.45, 7) is 3.95. The van der Waals surface area contributed by atoms with Crippen molar-refractivity contribution in [3.63, 3.8) is 0 Å². The average Bonchev–Trinajstić information content (AvgIpc) is 2.69. The molecule has 3 N–H and O–H groups in total. The Bertz CT molecular complexity index is 848. The molecule has 154 valence electrons. The Morgan fingerprint density at radius 3 is 2.21 bits per heavy atom. The Labute approximate surface area is 170 Å². The molecule has 2 rings (SSSR count). The molecule has 0 saturated heterocycles. The van der Waals surface area contributed by atoms with Crippen molar-refractivity contribution in [2.45, 2.75) is 32.2 Å². The van der Waals surface area contributed by atoms with E-state index in [1.165, 1.54) is 0 Å². The molecule has 2 aromatic rings. The maximum Gasteiger partial charge on any atom is 0.317 e. The summed E-state index contributed by atoms with van der Waals surface area (Å²) >= 11 is 0. The zero-order chi connectivity index (χ0) is 21.4. The van der Waals surface area contributed by atoms with Crippen molar-refractivity contribution in [3.05, 3.63) is 65.7 Å². The van der Waals surface area contributed by atoms with Crippen LogP contribution in [0.1, 0.15) is 31.4 Å². The van der Waals surface area contributed by atoms with E-state index in [-0.39, 0.29) is 24.9 Å². The minimum atomic E-state index is -1.00. The molecular formula is C22H27N3O4. The van der Waals surface area contributed by atoms with Crippen LogP contribution < -0.4 is 10.6 Å². The maximum absolute atomic E-state index is 12.1. The summed E-state index contributed by atoms with van der Waals surface area (Å²) in [5.74, 6) is -1.15. The zero-order valence-electron chi connectivity index (χ0n) is 16.9. The van der Waals surface area contributed by atoms with Gasteiger partial charge < -0.3 is 20.6 Å². The average molecular weight is 397 g/mol. The number of amides is 3. The molecule has 7 heteroatoms. The third kappa shape index (κ3) is 6.34. The number of nitrogens with one attached hydrogen (secondary N) is 2. The Morgan fingerprint density at radius 2 is 1.62 bits per heavy atom. The fraction of sp³-hybridized carbons (Fsp3) is 0.318. The summed E-state index contributed by atoms with van der Waals surface area (Å²) in [4.78, 5) is 37.0. The summed E-state index contributed by atoms with van der Waals surface area (Å²) in [5, 5.41) is 14.7. The minimum Gasteiger partial charge on any atom is -0.481 e. The highest BCUT2D eigenvalue weighted by atomic mass is 16.4. The van der Waals surface area contributed by atoms with Gasteiger partial charge in [0.05, 0.1) is 5.41 Å². The lowest BCUT2D eigenvalue weighted by Gasteiger charge is -2.20. The standard InChI is InChI=1S/C22H27N3O4/c1-22(2,20(27)28)17-9-11-18(12-10-17)24-19(26)13-14-23-21(29)25(3)15-16-7-5-4-6-8-16/h4-12H,13-15H2,1-3H3,(H,23,29)(H,24,26)(H,27,28). The molecule has 0 aliphatic rings. The van der Waals surface area contributed by atoms with Crippen LogP contribution in [0, 0.1) is 0 Å². The first-order valence-corrected chi connectivity index (χ1v) is 9.37. The van der Waals surface area contributed by atoms with E-state index in [0.717, 1.165) is 5.56 Å². The summed E-state index contributed by atoms with van der Waals surface area (Å²) in [5.41, 5.74) is 1.25. The topological polar surface area (TPSA) is 98.7 Å². The van der Waals surface area contributed by atoms with Crippen molar-refractivity contribution < 1.29 is 19.5 Å². The van der Waals surface area contributed by atoms with Crippen LogP contribution in [0.5, 0.6) is 0 Å². The van der Waals surface area contributed by atoms with Crippen molar-refractivity contribution in [1.29, 1.82) is 0 Å². The number of aliphatic carboxylic acids is 1. The van der Waals surface area contributed by atoms with Gasteiger partial charge >= 0.3 is 12.0 Å². The smallest absolute Gasteiger partial charge is 0.317 e. The van der Waals surface area contributed by atoms with E-state index >= 15 is 0 Å². The SMILES string of the molecule is CN(Cc1ccccc1)C(=O)NCCC(=O)Nc1ccc(C(C)(C)C(=O)O)cc1. The predicted octanol–water partition coefficient (Wildman–Crippen LogP) is 3.22. The molecule has 0 aliphatic heterocycles. The van der Waals surface area contributed by atoms with Crippen LogP contribution in [0.3, 0.4) is 0 Å². The molecule has 0 radical (unpaired) electrons. The Balaban J connectivity index is 1.77. The van der Waals surface area contributed by atoms with Gasteiger partial charge in [-0.3, -0.25) is 9.59 Å². The number of urea groups is 1. The number of carboxylic acid groups (broad SMARTS) is 1. The lowest BCUT2D eigenvalue weighted by Crippen LogP contribution is -2.38. The molecular weight excluding hydrogens is 370 g/mol. The van der Waals surface area contributed by atoms with Crippen LogP contribution in [0.2, 0.25) is 0 Å². The van der Waals surface area contributed by atoms with Crippen LogP contribution in [0.4, 0.5) is 10.5 Å².